The minimum Gasteiger partial charge on any atom is -0.374 e. The predicted molar refractivity (Wildman–Crippen MR) is 66.8 cm³/mol. The van der Waals surface area contributed by atoms with Crippen molar-refractivity contribution in [1.82, 2.24) is 4.98 Å². The summed E-state index contributed by atoms with van der Waals surface area (Å²) in [5.41, 5.74) is 7.31. The number of nitrogens with zero attached hydrogens (tertiary/aromatic N) is 1. The standard InChI is InChI=1S/C12H20N2OS/c1-7-4-5-11(15-7)10(13)6-12-14-8(2)9(3)16-12/h7,10-11H,4-6,13H2,1-3H3. The van der Waals surface area contributed by atoms with Crippen LogP contribution in [0.4, 0.5) is 0 Å². The summed E-state index contributed by atoms with van der Waals surface area (Å²) in [6.45, 7) is 6.27. The Kier molecular flexibility index (Phi) is 3.62. The van der Waals surface area contributed by atoms with Crippen LogP contribution in [0.5, 0.6) is 0 Å². The van der Waals surface area contributed by atoms with Gasteiger partial charge in [0.15, 0.2) is 0 Å². The second kappa shape index (κ2) is 4.82. The third kappa shape index (κ3) is 2.62. The summed E-state index contributed by atoms with van der Waals surface area (Å²) in [7, 11) is 0. The normalized spacial score (nSPS) is 27.2. The van der Waals surface area contributed by atoms with Crippen LogP contribution in [-0.4, -0.2) is 23.2 Å². The van der Waals surface area contributed by atoms with Gasteiger partial charge in [-0.3, -0.25) is 0 Å². The minimum absolute atomic E-state index is 0.0925. The van der Waals surface area contributed by atoms with E-state index in [0.29, 0.717) is 6.10 Å². The fourth-order valence-corrected chi connectivity index (χ4v) is 3.11. The molecule has 0 saturated carbocycles. The van der Waals surface area contributed by atoms with Gasteiger partial charge in [-0.2, -0.15) is 0 Å². The molecule has 0 aromatic carbocycles. The Labute approximate surface area is 101 Å². The lowest BCUT2D eigenvalue weighted by Crippen LogP contribution is -2.36. The van der Waals surface area contributed by atoms with E-state index in [1.54, 1.807) is 11.3 Å². The van der Waals surface area contributed by atoms with Crippen LogP contribution in [0.2, 0.25) is 0 Å². The van der Waals surface area contributed by atoms with E-state index in [0.717, 1.165) is 30.0 Å². The maximum atomic E-state index is 6.17. The average Bonchev–Trinajstić information content (AvgIpc) is 2.75. The lowest BCUT2D eigenvalue weighted by atomic mass is 10.1. The minimum atomic E-state index is 0.0925. The topological polar surface area (TPSA) is 48.1 Å². The van der Waals surface area contributed by atoms with E-state index in [-0.39, 0.29) is 12.1 Å². The third-order valence-corrected chi connectivity index (χ3v) is 4.32. The highest BCUT2D eigenvalue weighted by Crippen LogP contribution is 2.24. The Morgan fingerprint density at radius 2 is 2.25 bits per heavy atom. The molecule has 90 valence electrons. The number of thiazole rings is 1. The summed E-state index contributed by atoms with van der Waals surface area (Å²) in [5, 5.41) is 1.14. The summed E-state index contributed by atoms with van der Waals surface area (Å²) in [6, 6.07) is 0.0925. The average molecular weight is 240 g/mol. The van der Waals surface area contributed by atoms with Gasteiger partial charge < -0.3 is 10.5 Å². The number of rotatable bonds is 3. The van der Waals surface area contributed by atoms with Crippen LogP contribution in [0.1, 0.15) is 35.3 Å². The molecule has 0 aliphatic carbocycles. The number of hydrogen-bond acceptors (Lipinski definition) is 4. The van der Waals surface area contributed by atoms with Gasteiger partial charge in [-0.05, 0) is 33.6 Å². The van der Waals surface area contributed by atoms with Crippen LogP contribution >= 0.6 is 11.3 Å². The summed E-state index contributed by atoms with van der Waals surface area (Å²) < 4.78 is 5.78. The van der Waals surface area contributed by atoms with E-state index in [2.05, 4.69) is 25.8 Å². The lowest BCUT2D eigenvalue weighted by Gasteiger charge is -2.18. The van der Waals surface area contributed by atoms with Crippen LogP contribution < -0.4 is 5.73 Å². The molecule has 2 rings (SSSR count). The van der Waals surface area contributed by atoms with Crippen molar-refractivity contribution < 1.29 is 4.74 Å². The van der Waals surface area contributed by atoms with Gasteiger partial charge in [0.25, 0.3) is 0 Å². The molecular weight excluding hydrogens is 220 g/mol. The largest absolute Gasteiger partial charge is 0.374 e. The van der Waals surface area contributed by atoms with Crippen molar-refractivity contribution in [3.63, 3.8) is 0 Å². The number of aromatic nitrogens is 1. The van der Waals surface area contributed by atoms with Crippen LogP contribution in [0.15, 0.2) is 0 Å². The summed E-state index contributed by atoms with van der Waals surface area (Å²) in [4.78, 5) is 5.82. The van der Waals surface area contributed by atoms with Gasteiger partial charge in [0.05, 0.1) is 22.9 Å². The second-order valence-corrected chi connectivity index (χ2v) is 5.97. The van der Waals surface area contributed by atoms with Gasteiger partial charge in [0.1, 0.15) is 0 Å². The van der Waals surface area contributed by atoms with Crippen molar-refractivity contribution in [1.29, 1.82) is 0 Å². The van der Waals surface area contributed by atoms with Gasteiger partial charge in [-0.15, -0.1) is 11.3 Å². The molecule has 3 nitrogen and oxygen atoms in total. The molecule has 2 N–H and O–H groups in total. The van der Waals surface area contributed by atoms with E-state index in [1.807, 2.05) is 0 Å². The molecule has 1 aromatic rings. The fraction of sp³-hybridized carbons (Fsp3) is 0.750. The maximum Gasteiger partial charge on any atom is 0.0947 e. The number of ether oxygens (including phenoxy) is 1. The van der Waals surface area contributed by atoms with Crippen molar-refractivity contribution in [2.24, 2.45) is 5.73 Å². The summed E-state index contributed by atoms with van der Waals surface area (Å²) in [5.74, 6) is 0. The van der Waals surface area contributed by atoms with E-state index in [1.165, 1.54) is 4.88 Å². The SMILES string of the molecule is Cc1nc(CC(N)C2CCC(C)O2)sc1C. The molecule has 0 spiro atoms. The Hall–Kier alpha value is -0.450. The zero-order valence-electron chi connectivity index (χ0n) is 10.2. The number of nitrogens with two attached hydrogens (primary N) is 1. The molecule has 2 heterocycles. The number of aryl methyl sites for hydroxylation is 2. The van der Waals surface area contributed by atoms with Crippen LogP contribution in [0.3, 0.4) is 0 Å². The Balaban J connectivity index is 1.94. The van der Waals surface area contributed by atoms with E-state index in [9.17, 15) is 0 Å². The van der Waals surface area contributed by atoms with Gasteiger partial charge >= 0.3 is 0 Å². The molecule has 1 saturated heterocycles. The molecular formula is C12H20N2OS. The van der Waals surface area contributed by atoms with Crippen molar-refractivity contribution in [3.8, 4) is 0 Å². The fourth-order valence-electron chi connectivity index (χ4n) is 2.11. The van der Waals surface area contributed by atoms with Gasteiger partial charge in [0.2, 0.25) is 0 Å². The molecule has 1 aliphatic rings. The van der Waals surface area contributed by atoms with Crippen LogP contribution in [0, 0.1) is 13.8 Å². The molecule has 0 bridgehead atoms. The van der Waals surface area contributed by atoms with Gasteiger partial charge in [-0.1, -0.05) is 0 Å². The van der Waals surface area contributed by atoms with Crippen molar-refractivity contribution in [2.75, 3.05) is 0 Å². The van der Waals surface area contributed by atoms with E-state index < -0.39 is 0 Å². The zero-order valence-corrected chi connectivity index (χ0v) is 11.0. The molecule has 1 aromatic heterocycles. The van der Waals surface area contributed by atoms with Crippen molar-refractivity contribution >= 4 is 11.3 Å². The summed E-state index contributed by atoms with van der Waals surface area (Å²) in [6.07, 6.45) is 3.66. The highest BCUT2D eigenvalue weighted by atomic mass is 32.1. The van der Waals surface area contributed by atoms with Crippen LogP contribution in [-0.2, 0) is 11.2 Å². The predicted octanol–water partition coefficient (Wildman–Crippen LogP) is 2.20. The lowest BCUT2D eigenvalue weighted by molar-refractivity contribution is 0.0404. The molecule has 0 amide bonds. The first kappa shape index (κ1) is 12.0. The molecule has 3 atom stereocenters. The smallest absolute Gasteiger partial charge is 0.0947 e. The monoisotopic (exact) mass is 240 g/mol. The van der Waals surface area contributed by atoms with E-state index >= 15 is 0 Å². The summed E-state index contributed by atoms with van der Waals surface area (Å²) >= 11 is 1.76. The second-order valence-electron chi connectivity index (χ2n) is 4.68. The van der Waals surface area contributed by atoms with Gasteiger partial charge in [0, 0.05) is 17.3 Å². The number of hydrogen-bond donors (Lipinski definition) is 1. The molecule has 0 radical (unpaired) electrons. The molecule has 1 aliphatic heterocycles. The zero-order chi connectivity index (χ0) is 11.7. The first-order chi connectivity index (χ1) is 7.56. The Morgan fingerprint density at radius 3 is 2.75 bits per heavy atom. The molecule has 3 unspecified atom stereocenters. The molecule has 1 fully saturated rings. The van der Waals surface area contributed by atoms with E-state index in [4.69, 9.17) is 10.5 Å². The molecule has 4 heteroatoms. The highest BCUT2D eigenvalue weighted by Gasteiger charge is 2.27. The van der Waals surface area contributed by atoms with Crippen molar-refractivity contribution in [3.05, 3.63) is 15.6 Å². The Morgan fingerprint density at radius 1 is 1.50 bits per heavy atom. The quantitative estimate of drug-likeness (QED) is 0.881. The Bertz CT molecular complexity index is 344. The highest BCUT2D eigenvalue weighted by molar-refractivity contribution is 7.11. The molecule has 16 heavy (non-hydrogen) atoms. The van der Waals surface area contributed by atoms with Crippen molar-refractivity contribution in [2.45, 2.75) is 58.3 Å². The first-order valence-electron chi connectivity index (χ1n) is 5.90. The third-order valence-electron chi connectivity index (χ3n) is 3.23. The maximum absolute atomic E-state index is 6.17. The first-order valence-corrected chi connectivity index (χ1v) is 6.72. The van der Waals surface area contributed by atoms with Crippen LogP contribution in [0.25, 0.3) is 0 Å². The van der Waals surface area contributed by atoms with Gasteiger partial charge in [-0.25, -0.2) is 4.98 Å².